The van der Waals surface area contributed by atoms with E-state index in [2.05, 4.69) is 10.1 Å². The molecule has 3 aromatic carbocycles. The van der Waals surface area contributed by atoms with E-state index < -0.39 is 5.97 Å². The van der Waals surface area contributed by atoms with Gasteiger partial charge in [0.1, 0.15) is 0 Å². The molecule has 7 heteroatoms. The third-order valence-corrected chi connectivity index (χ3v) is 4.63. The van der Waals surface area contributed by atoms with Gasteiger partial charge in [-0.3, -0.25) is 9.59 Å². The summed E-state index contributed by atoms with van der Waals surface area (Å²) in [6.07, 6.45) is 1.55. The minimum Gasteiger partial charge on any atom is -0.490 e. The summed E-state index contributed by atoms with van der Waals surface area (Å²) < 4.78 is 12.1. The zero-order chi connectivity index (χ0) is 22.5. The van der Waals surface area contributed by atoms with E-state index in [-0.39, 0.29) is 5.56 Å². The van der Waals surface area contributed by atoms with Gasteiger partial charge in [-0.05, 0) is 42.8 Å². The molecule has 0 saturated heterocycles. The molecule has 4 aromatic rings. The molecular weight excluding hydrogens is 406 g/mol. The third-order valence-electron chi connectivity index (χ3n) is 4.63. The van der Waals surface area contributed by atoms with Gasteiger partial charge < -0.3 is 9.47 Å². The Hall–Kier alpha value is -4.26. The number of benzene rings is 3. The molecule has 0 radical (unpaired) electrons. The number of fused-ring (bicyclic) bond motifs is 1. The molecule has 0 aliphatic heterocycles. The van der Waals surface area contributed by atoms with Crippen molar-refractivity contribution in [3.8, 4) is 22.9 Å². The van der Waals surface area contributed by atoms with Crippen molar-refractivity contribution in [2.45, 2.75) is 13.8 Å². The van der Waals surface area contributed by atoms with Gasteiger partial charge in [0, 0.05) is 12.5 Å². The number of rotatable bonds is 6. The molecule has 4 rings (SSSR count). The summed E-state index contributed by atoms with van der Waals surface area (Å²) in [5.41, 5.74) is 1.77. The minimum absolute atomic E-state index is 0.271. The molecule has 0 fully saturated rings. The summed E-state index contributed by atoms with van der Waals surface area (Å²) in [6, 6.07) is 21.7. The molecule has 0 saturated carbocycles. The average molecular weight is 427 g/mol. The zero-order valence-electron chi connectivity index (χ0n) is 17.7. The molecule has 0 N–H and O–H groups in total. The van der Waals surface area contributed by atoms with Gasteiger partial charge in [0.2, 0.25) is 0 Å². The first-order chi connectivity index (χ1) is 15.6. The molecule has 1 aromatic heterocycles. The highest BCUT2D eigenvalue weighted by Gasteiger charge is 2.12. The predicted octanol–water partition coefficient (Wildman–Crippen LogP) is 4.27. The average Bonchev–Trinajstić information content (AvgIpc) is 2.80. The zero-order valence-corrected chi connectivity index (χ0v) is 17.7. The van der Waals surface area contributed by atoms with E-state index in [9.17, 15) is 9.59 Å². The summed E-state index contributed by atoms with van der Waals surface area (Å²) in [6.45, 7) is 3.57. The van der Waals surface area contributed by atoms with Gasteiger partial charge in [0.05, 0.1) is 23.7 Å². The second-order valence-corrected chi connectivity index (χ2v) is 6.91. The summed E-state index contributed by atoms with van der Waals surface area (Å²) in [5, 5.41) is 4.92. The molecule has 7 nitrogen and oxygen atoms in total. The van der Waals surface area contributed by atoms with Gasteiger partial charge in [-0.1, -0.05) is 42.5 Å². The normalized spacial score (nSPS) is 11.1. The lowest BCUT2D eigenvalue weighted by Gasteiger charge is -2.11. The minimum atomic E-state index is -0.436. The molecule has 0 atom stereocenters. The van der Waals surface area contributed by atoms with Crippen molar-refractivity contribution >= 4 is 23.1 Å². The lowest BCUT2D eigenvalue weighted by Crippen LogP contribution is -2.20. The highest BCUT2D eigenvalue weighted by Crippen LogP contribution is 2.28. The monoisotopic (exact) mass is 427 g/mol. The van der Waals surface area contributed by atoms with E-state index in [1.165, 1.54) is 11.6 Å². The van der Waals surface area contributed by atoms with E-state index >= 15 is 0 Å². The number of esters is 1. The van der Waals surface area contributed by atoms with Crippen LogP contribution < -0.4 is 15.0 Å². The number of hydrogen-bond acceptors (Lipinski definition) is 6. The standard InChI is InChI=1S/C25H21N3O4/c1-3-31-23-15-18(13-14-22(23)32-17(2)29)16-26-28-24(19-9-5-4-6-10-19)27-21-12-8-7-11-20(21)25(28)30/h4-16H,3H2,1-2H3. The number of hydrogen-bond donors (Lipinski definition) is 0. The van der Waals surface area contributed by atoms with Crippen molar-refractivity contribution in [3.63, 3.8) is 0 Å². The fourth-order valence-electron chi connectivity index (χ4n) is 3.24. The summed E-state index contributed by atoms with van der Waals surface area (Å²) >= 11 is 0. The van der Waals surface area contributed by atoms with E-state index in [1.807, 2.05) is 43.3 Å². The Morgan fingerprint density at radius 3 is 2.53 bits per heavy atom. The molecule has 1 heterocycles. The van der Waals surface area contributed by atoms with Gasteiger partial charge in [-0.2, -0.15) is 9.78 Å². The van der Waals surface area contributed by atoms with Gasteiger partial charge in [-0.25, -0.2) is 4.98 Å². The van der Waals surface area contributed by atoms with E-state index in [0.717, 1.165) is 5.56 Å². The smallest absolute Gasteiger partial charge is 0.308 e. The number of nitrogens with zero attached hydrogens (tertiary/aromatic N) is 3. The van der Waals surface area contributed by atoms with E-state index in [4.69, 9.17) is 9.47 Å². The second kappa shape index (κ2) is 9.26. The largest absolute Gasteiger partial charge is 0.490 e. The Morgan fingerprint density at radius 1 is 1.03 bits per heavy atom. The van der Waals surface area contributed by atoms with Crippen LogP contribution in [-0.4, -0.2) is 28.5 Å². The number of carbonyl (C=O) groups excluding carboxylic acids is 1. The van der Waals surface area contributed by atoms with Crippen LogP contribution in [0.4, 0.5) is 0 Å². The Bertz CT molecular complexity index is 1360. The van der Waals surface area contributed by atoms with Crippen LogP contribution in [0.3, 0.4) is 0 Å². The van der Waals surface area contributed by atoms with Crippen LogP contribution in [0.25, 0.3) is 22.3 Å². The number of aromatic nitrogens is 2. The topological polar surface area (TPSA) is 82.8 Å². The van der Waals surface area contributed by atoms with Gasteiger partial charge in [0.25, 0.3) is 5.56 Å². The molecule has 0 aliphatic rings. The molecule has 0 aliphatic carbocycles. The van der Waals surface area contributed by atoms with Crippen molar-refractivity contribution in [2.24, 2.45) is 5.10 Å². The lowest BCUT2D eigenvalue weighted by atomic mass is 10.2. The Labute approximate surface area is 184 Å². The van der Waals surface area contributed by atoms with Gasteiger partial charge in [-0.15, -0.1) is 0 Å². The highest BCUT2D eigenvalue weighted by molar-refractivity contribution is 5.83. The van der Waals surface area contributed by atoms with Crippen LogP contribution in [0.2, 0.25) is 0 Å². The number of ether oxygens (including phenoxy) is 2. The Balaban J connectivity index is 1.82. The van der Waals surface area contributed by atoms with Crippen LogP contribution in [0, 0.1) is 0 Å². The van der Waals surface area contributed by atoms with Crippen molar-refractivity contribution < 1.29 is 14.3 Å². The number of carbonyl (C=O) groups is 1. The fraction of sp³-hybridized carbons (Fsp3) is 0.120. The van der Waals surface area contributed by atoms with E-state index in [1.54, 1.807) is 42.6 Å². The maximum atomic E-state index is 13.2. The van der Waals surface area contributed by atoms with Gasteiger partial charge >= 0.3 is 5.97 Å². The molecular formula is C25H21N3O4. The molecule has 160 valence electrons. The molecule has 0 bridgehead atoms. The first-order valence-electron chi connectivity index (χ1n) is 10.1. The first-order valence-corrected chi connectivity index (χ1v) is 10.1. The summed E-state index contributed by atoms with van der Waals surface area (Å²) in [7, 11) is 0. The van der Waals surface area contributed by atoms with Crippen LogP contribution in [0.15, 0.2) is 82.7 Å². The quantitative estimate of drug-likeness (QED) is 0.261. The predicted molar refractivity (Wildman–Crippen MR) is 123 cm³/mol. The van der Waals surface area contributed by atoms with Crippen LogP contribution in [-0.2, 0) is 4.79 Å². The maximum Gasteiger partial charge on any atom is 0.308 e. The Kier molecular flexibility index (Phi) is 6.07. The molecule has 0 unspecified atom stereocenters. The van der Waals surface area contributed by atoms with Crippen LogP contribution in [0.5, 0.6) is 11.5 Å². The van der Waals surface area contributed by atoms with E-state index in [0.29, 0.717) is 40.4 Å². The second-order valence-electron chi connectivity index (χ2n) is 6.91. The van der Waals surface area contributed by atoms with Crippen molar-refractivity contribution in [2.75, 3.05) is 6.61 Å². The van der Waals surface area contributed by atoms with Crippen LogP contribution >= 0.6 is 0 Å². The number of para-hydroxylation sites is 1. The first kappa shape index (κ1) is 21.0. The molecule has 32 heavy (non-hydrogen) atoms. The van der Waals surface area contributed by atoms with Crippen molar-refractivity contribution in [3.05, 3.63) is 88.7 Å². The third kappa shape index (κ3) is 4.41. The van der Waals surface area contributed by atoms with Crippen molar-refractivity contribution in [1.82, 2.24) is 9.66 Å². The SMILES string of the molecule is CCOc1cc(C=Nn2c(-c3ccccc3)nc3ccccc3c2=O)ccc1OC(C)=O. The maximum absolute atomic E-state index is 13.2. The summed E-state index contributed by atoms with van der Waals surface area (Å²) in [4.78, 5) is 29.2. The lowest BCUT2D eigenvalue weighted by molar-refractivity contribution is -0.132. The fourth-order valence-corrected chi connectivity index (χ4v) is 3.24. The van der Waals surface area contributed by atoms with Gasteiger partial charge in [0.15, 0.2) is 17.3 Å². The van der Waals surface area contributed by atoms with Crippen LogP contribution in [0.1, 0.15) is 19.4 Å². The molecule has 0 amide bonds. The molecule has 0 spiro atoms. The highest BCUT2D eigenvalue weighted by atomic mass is 16.6. The Morgan fingerprint density at radius 2 is 1.78 bits per heavy atom. The summed E-state index contributed by atoms with van der Waals surface area (Å²) in [5.74, 6) is 0.741. The van der Waals surface area contributed by atoms with Crippen molar-refractivity contribution in [1.29, 1.82) is 0 Å².